The summed E-state index contributed by atoms with van der Waals surface area (Å²) in [4.78, 5) is 51.6. The average Bonchev–Trinajstić information content (AvgIpc) is 2.78. The Hall–Kier alpha value is -3.88. The minimum absolute atomic E-state index is 0.0280. The molecule has 34 heavy (non-hydrogen) atoms. The van der Waals surface area contributed by atoms with Crippen molar-refractivity contribution in [2.75, 3.05) is 10.2 Å². The molecule has 0 unspecified atom stereocenters. The Bertz CT molecular complexity index is 1090. The van der Waals surface area contributed by atoms with Crippen LogP contribution in [0.2, 0.25) is 0 Å². The summed E-state index contributed by atoms with van der Waals surface area (Å²) in [6, 6.07) is 13.3. The van der Waals surface area contributed by atoms with Gasteiger partial charge in [-0.25, -0.2) is 9.59 Å². The Balaban J connectivity index is 1.67. The molecule has 9 nitrogen and oxygen atoms in total. The molecule has 0 bridgehead atoms. The van der Waals surface area contributed by atoms with Gasteiger partial charge in [-0.2, -0.15) is 0 Å². The molecule has 2 aromatic rings. The van der Waals surface area contributed by atoms with E-state index in [4.69, 9.17) is 4.74 Å². The Morgan fingerprint density at radius 3 is 2.32 bits per heavy atom. The van der Waals surface area contributed by atoms with E-state index in [9.17, 15) is 19.2 Å². The van der Waals surface area contributed by atoms with Crippen molar-refractivity contribution in [2.45, 2.75) is 58.8 Å². The van der Waals surface area contributed by atoms with Gasteiger partial charge in [-0.05, 0) is 64.4 Å². The fraction of sp³-hybridized carbons (Fsp3) is 0.360. The summed E-state index contributed by atoms with van der Waals surface area (Å²) in [6.07, 6.45) is -1.12. The second kappa shape index (κ2) is 9.94. The maximum Gasteiger partial charge on any atom is 0.338 e. The molecule has 0 saturated heterocycles. The monoisotopic (exact) mass is 466 g/mol. The molecular weight excluding hydrogens is 436 g/mol. The summed E-state index contributed by atoms with van der Waals surface area (Å²) < 4.78 is 5.44. The van der Waals surface area contributed by atoms with Gasteiger partial charge in [-0.1, -0.05) is 24.3 Å². The number of carbonyl (C=O) groups excluding carboxylic acids is 4. The van der Waals surface area contributed by atoms with E-state index in [1.54, 1.807) is 62.4 Å². The highest BCUT2D eigenvalue weighted by molar-refractivity contribution is 6.15. The van der Waals surface area contributed by atoms with Gasteiger partial charge >= 0.3 is 12.0 Å². The molecule has 180 valence electrons. The number of nitrogens with one attached hydrogen (secondary N) is 3. The normalized spacial score (nSPS) is 15.1. The minimum atomic E-state index is -1.16. The van der Waals surface area contributed by atoms with Crippen LogP contribution in [-0.4, -0.2) is 41.5 Å². The van der Waals surface area contributed by atoms with Crippen molar-refractivity contribution in [3.8, 4) is 0 Å². The van der Waals surface area contributed by atoms with Gasteiger partial charge in [0.15, 0.2) is 6.10 Å². The molecule has 1 atom stereocenters. The van der Waals surface area contributed by atoms with Gasteiger partial charge in [0, 0.05) is 12.6 Å². The summed E-state index contributed by atoms with van der Waals surface area (Å²) in [5, 5.41) is 8.27. The molecule has 3 rings (SSSR count). The summed E-state index contributed by atoms with van der Waals surface area (Å²) >= 11 is 0. The number of rotatable bonds is 6. The number of hydrogen-bond donors (Lipinski definition) is 3. The van der Waals surface area contributed by atoms with Crippen LogP contribution in [0.1, 0.15) is 50.5 Å². The van der Waals surface area contributed by atoms with Crippen molar-refractivity contribution in [3.05, 3.63) is 59.7 Å². The van der Waals surface area contributed by atoms with Crippen LogP contribution in [0.15, 0.2) is 48.5 Å². The highest BCUT2D eigenvalue weighted by Gasteiger charge is 2.45. The summed E-state index contributed by atoms with van der Waals surface area (Å²) in [7, 11) is 0. The molecule has 2 aromatic carbocycles. The Labute approximate surface area is 198 Å². The topological polar surface area (TPSA) is 117 Å². The van der Waals surface area contributed by atoms with Crippen LogP contribution < -0.4 is 20.9 Å². The third-order valence-electron chi connectivity index (χ3n) is 5.42. The van der Waals surface area contributed by atoms with Crippen molar-refractivity contribution >= 4 is 35.2 Å². The van der Waals surface area contributed by atoms with Crippen LogP contribution in [0, 0.1) is 0 Å². The number of anilines is 2. The van der Waals surface area contributed by atoms with Crippen LogP contribution in [-0.2, 0) is 20.9 Å². The second-order valence-corrected chi connectivity index (χ2v) is 8.93. The number of ether oxygens (including phenoxy) is 1. The van der Waals surface area contributed by atoms with E-state index in [1.165, 1.54) is 11.8 Å². The largest absolute Gasteiger partial charge is 0.449 e. The fourth-order valence-electron chi connectivity index (χ4n) is 3.56. The third-order valence-corrected chi connectivity index (χ3v) is 5.42. The van der Waals surface area contributed by atoms with Crippen molar-refractivity contribution in [3.63, 3.8) is 0 Å². The highest BCUT2D eigenvalue weighted by atomic mass is 16.5. The first-order valence-corrected chi connectivity index (χ1v) is 11.1. The third kappa shape index (κ3) is 5.36. The summed E-state index contributed by atoms with van der Waals surface area (Å²) in [5.74, 6) is -1.49. The first-order valence-electron chi connectivity index (χ1n) is 11.1. The minimum Gasteiger partial charge on any atom is -0.449 e. The number of fused-ring (bicyclic) bond motifs is 1. The molecule has 1 aliphatic rings. The van der Waals surface area contributed by atoms with Crippen molar-refractivity contribution in [1.29, 1.82) is 0 Å². The Morgan fingerprint density at radius 1 is 1.03 bits per heavy atom. The van der Waals surface area contributed by atoms with Gasteiger partial charge in [0.05, 0.1) is 16.9 Å². The lowest BCUT2D eigenvalue weighted by atomic mass is 9.95. The molecule has 0 radical (unpaired) electrons. The summed E-state index contributed by atoms with van der Waals surface area (Å²) in [6.45, 7) is 8.79. The molecule has 0 fully saturated rings. The van der Waals surface area contributed by atoms with E-state index >= 15 is 0 Å². The zero-order chi connectivity index (χ0) is 25.0. The lowest BCUT2D eigenvalue weighted by Crippen LogP contribution is -2.60. The van der Waals surface area contributed by atoms with E-state index in [2.05, 4.69) is 16.0 Å². The Morgan fingerprint density at radius 2 is 1.68 bits per heavy atom. The van der Waals surface area contributed by atoms with Crippen LogP contribution in [0.3, 0.4) is 0 Å². The molecular formula is C25H30N4O5. The first kappa shape index (κ1) is 24.8. The second-order valence-electron chi connectivity index (χ2n) is 8.93. The molecule has 0 spiro atoms. The van der Waals surface area contributed by atoms with Crippen LogP contribution in [0.4, 0.5) is 16.2 Å². The van der Waals surface area contributed by atoms with Gasteiger partial charge in [-0.3, -0.25) is 14.5 Å². The molecule has 1 aliphatic heterocycles. The molecule has 1 heterocycles. The van der Waals surface area contributed by atoms with Crippen molar-refractivity contribution in [2.24, 2.45) is 0 Å². The number of para-hydroxylation sites is 2. The first-order chi connectivity index (χ1) is 16.0. The average molecular weight is 467 g/mol. The smallest absolute Gasteiger partial charge is 0.338 e. The van der Waals surface area contributed by atoms with Gasteiger partial charge in [0.2, 0.25) is 5.91 Å². The molecule has 0 aromatic heterocycles. The molecule has 0 aliphatic carbocycles. The van der Waals surface area contributed by atoms with Crippen LogP contribution >= 0.6 is 0 Å². The van der Waals surface area contributed by atoms with Crippen LogP contribution in [0.5, 0.6) is 0 Å². The highest BCUT2D eigenvalue weighted by Crippen LogP contribution is 2.37. The van der Waals surface area contributed by atoms with Gasteiger partial charge in [-0.15, -0.1) is 0 Å². The quantitative estimate of drug-likeness (QED) is 0.565. The predicted octanol–water partition coefficient (Wildman–Crippen LogP) is 3.20. The van der Waals surface area contributed by atoms with Crippen LogP contribution in [0.25, 0.3) is 0 Å². The number of nitrogens with zero attached hydrogens (tertiary/aromatic N) is 1. The van der Waals surface area contributed by atoms with Gasteiger partial charge in [0.1, 0.15) is 5.54 Å². The molecule has 4 amide bonds. The van der Waals surface area contributed by atoms with E-state index in [0.29, 0.717) is 17.9 Å². The van der Waals surface area contributed by atoms with E-state index in [-0.39, 0.29) is 23.5 Å². The number of esters is 1. The number of benzene rings is 2. The maximum absolute atomic E-state index is 13.3. The zero-order valence-electron chi connectivity index (χ0n) is 20.0. The number of urea groups is 1. The molecule has 3 N–H and O–H groups in total. The van der Waals surface area contributed by atoms with Crippen molar-refractivity contribution < 1.29 is 23.9 Å². The molecule has 9 heteroatoms. The maximum atomic E-state index is 13.3. The number of hydrogen-bond acceptors (Lipinski definition) is 5. The van der Waals surface area contributed by atoms with E-state index in [0.717, 1.165) is 5.56 Å². The lowest BCUT2D eigenvalue weighted by Gasteiger charge is -2.42. The predicted molar refractivity (Wildman–Crippen MR) is 128 cm³/mol. The SMILES string of the molecule is CC(C)NC(=O)NCc1ccc(C(=O)O[C@@H](C)C(=O)N2c3ccccc3NC(=O)C2(C)C)cc1. The number of carbonyl (C=O) groups is 4. The standard InChI is InChI=1S/C25H30N4O5/c1-15(2)27-24(33)26-14-17-10-12-18(13-11-17)22(31)34-16(3)21(30)29-20-9-7-6-8-19(20)28-23(32)25(29,4)5/h6-13,15-16H,14H2,1-5H3,(H,28,32)(H2,26,27,33)/t16-/m0/s1. The van der Waals surface area contributed by atoms with Crippen molar-refractivity contribution in [1.82, 2.24) is 10.6 Å². The zero-order valence-corrected chi connectivity index (χ0v) is 20.0. The summed E-state index contributed by atoms with van der Waals surface area (Å²) in [5.41, 5.74) is 0.967. The fourth-order valence-corrected chi connectivity index (χ4v) is 3.56. The number of amides is 4. The van der Waals surface area contributed by atoms with E-state index in [1.807, 2.05) is 13.8 Å². The molecule has 0 saturated carbocycles. The van der Waals surface area contributed by atoms with Gasteiger partial charge in [0.25, 0.3) is 5.91 Å². The Kier molecular flexibility index (Phi) is 7.24. The lowest BCUT2D eigenvalue weighted by molar-refractivity contribution is -0.131. The van der Waals surface area contributed by atoms with E-state index < -0.39 is 23.5 Å². The van der Waals surface area contributed by atoms with Gasteiger partial charge < -0.3 is 20.7 Å².